The molecular weight excluding hydrogens is 240 g/mol. The van der Waals surface area contributed by atoms with Crippen molar-refractivity contribution in [3.63, 3.8) is 0 Å². The number of esters is 1. The third-order valence-corrected chi connectivity index (χ3v) is 4.39. The zero-order valence-corrected chi connectivity index (χ0v) is 12.9. The van der Waals surface area contributed by atoms with Gasteiger partial charge in [0.15, 0.2) is 0 Å². The molecule has 19 heavy (non-hydrogen) atoms. The van der Waals surface area contributed by atoms with E-state index in [0.717, 1.165) is 19.4 Å². The van der Waals surface area contributed by atoms with Crippen LogP contribution in [0.25, 0.3) is 0 Å². The summed E-state index contributed by atoms with van der Waals surface area (Å²) in [6.07, 6.45) is 6.72. The number of hydrogen-bond acceptors (Lipinski definition) is 4. The maximum atomic E-state index is 11.5. The van der Waals surface area contributed by atoms with Crippen LogP contribution in [0.1, 0.15) is 59.3 Å². The minimum atomic E-state index is -0.839. The summed E-state index contributed by atoms with van der Waals surface area (Å²) < 4.78 is 4.72. The van der Waals surface area contributed by atoms with Crippen LogP contribution >= 0.6 is 0 Å². The third-order valence-electron chi connectivity index (χ3n) is 4.39. The van der Waals surface area contributed by atoms with E-state index in [0.29, 0.717) is 18.5 Å². The van der Waals surface area contributed by atoms with Crippen LogP contribution in [0, 0.1) is 0 Å². The maximum absolute atomic E-state index is 11.5. The molecule has 0 aliphatic carbocycles. The van der Waals surface area contributed by atoms with E-state index >= 15 is 0 Å². The van der Waals surface area contributed by atoms with Crippen LogP contribution in [-0.4, -0.2) is 42.1 Å². The Morgan fingerprint density at radius 2 is 1.89 bits per heavy atom. The van der Waals surface area contributed by atoms with E-state index in [2.05, 4.69) is 18.7 Å². The highest BCUT2D eigenvalue weighted by atomic mass is 16.5. The number of piperidine rings is 1. The van der Waals surface area contributed by atoms with Crippen molar-refractivity contribution < 1.29 is 9.53 Å². The van der Waals surface area contributed by atoms with Gasteiger partial charge in [0.1, 0.15) is 5.54 Å². The SMILES string of the molecule is COC(=O)C(C)(N)CCCCN1C(C)CCCC1C. The zero-order chi connectivity index (χ0) is 14.5. The summed E-state index contributed by atoms with van der Waals surface area (Å²) in [6, 6.07) is 1.38. The number of carbonyl (C=O) groups is 1. The number of unbranched alkanes of at least 4 members (excludes halogenated alkanes) is 1. The Kier molecular flexibility index (Phi) is 6.27. The quantitative estimate of drug-likeness (QED) is 0.594. The Morgan fingerprint density at radius 3 is 2.42 bits per heavy atom. The Morgan fingerprint density at radius 1 is 1.32 bits per heavy atom. The number of nitrogens with two attached hydrogens (primary N) is 1. The lowest BCUT2D eigenvalue weighted by atomic mass is 9.94. The third kappa shape index (κ3) is 4.77. The van der Waals surface area contributed by atoms with Gasteiger partial charge in [0.05, 0.1) is 7.11 Å². The molecule has 0 aromatic rings. The van der Waals surface area contributed by atoms with Gasteiger partial charge >= 0.3 is 5.97 Å². The molecule has 0 bridgehead atoms. The Hall–Kier alpha value is -0.610. The first-order valence-corrected chi connectivity index (χ1v) is 7.51. The molecule has 4 nitrogen and oxygen atoms in total. The molecule has 112 valence electrons. The van der Waals surface area contributed by atoms with Gasteiger partial charge in [0.25, 0.3) is 0 Å². The summed E-state index contributed by atoms with van der Waals surface area (Å²) in [6.45, 7) is 7.50. The van der Waals surface area contributed by atoms with Crippen LogP contribution in [0.4, 0.5) is 0 Å². The van der Waals surface area contributed by atoms with Crippen molar-refractivity contribution in [3.05, 3.63) is 0 Å². The number of rotatable bonds is 6. The highest BCUT2D eigenvalue weighted by Crippen LogP contribution is 2.23. The van der Waals surface area contributed by atoms with Gasteiger partial charge in [0, 0.05) is 12.1 Å². The van der Waals surface area contributed by atoms with Gasteiger partial charge in [-0.2, -0.15) is 0 Å². The molecule has 1 fully saturated rings. The number of carbonyl (C=O) groups excluding carboxylic acids is 1. The predicted octanol–water partition coefficient (Wildman–Crippen LogP) is 2.31. The van der Waals surface area contributed by atoms with E-state index in [1.165, 1.54) is 26.4 Å². The van der Waals surface area contributed by atoms with E-state index in [9.17, 15) is 4.79 Å². The van der Waals surface area contributed by atoms with Crippen molar-refractivity contribution in [2.45, 2.75) is 76.9 Å². The molecule has 3 unspecified atom stereocenters. The van der Waals surface area contributed by atoms with Gasteiger partial charge in [0.2, 0.25) is 0 Å². The second-order valence-electron chi connectivity index (χ2n) is 6.23. The minimum Gasteiger partial charge on any atom is -0.468 e. The predicted molar refractivity (Wildman–Crippen MR) is 77.9 cm³/mol. The highest BCUT2D eigenvalue weighted by molar-refractivity contribution is 5.79. The number of methoxy groups -OCH3 is 1. The normalized spacial score (nSPS) is 27.8. The van der Waals surface area contributed by atoms with E-state index in [-0.39, 0.29) is 5.97 Å². The van der Waals surface area contributed by atoms with Gasteiger partial charge in [-0.3, -0.25) is 9.69 Å². The van der Waals surface area contributed by atoms with Crippen molar-refractivity contribution in [2.24, 2.45) is 5.73 Å². The molecule has 0 radical (unpaired) electrons. The summed E-state index contributed by atoms with van der Waals surface area (Å²) in [5.74, 6) is -0.313. The lowest BCUT2D eigenvalue weighted by Gasteiger charge is -2.39. The topological polar surface area (TPSA) is 55.6 Å². The summed E-state index contributed by atoms with van der Waals surface area (Å²) in [7, 11) is 1.39. The molecule has 0 saturated carbocycles. The first-order chi connectivity index (χ1) is 8.88. The van der Waals surface area contributed by atoms with Crippen LogP contribution in [0.2, 0.25) is 0 Å². The van der Waals surface area contributed by atoms with Crippen molar-refractivity contribution in [2.75, 3.05) is 13.7 Å². The molecule has 1 aliphatic rings. The number of hydrogen-bond donors (Lipinski definition) is 1. The highest BCUT2D eigenvalue weighted by Gasteiger charge is 2.29. The molecule has 1 heterocycles. The minimum absolute atomic E-state index is 0.313. The van der Waals surface area contributed by atoms with E-state index in [4.69, 9.17) is 10.5 Å². The number of nitrogens with zero attached hydrogens (tertiary/aromatic N) is 1. The van der Waals surface area contributed by atoms with Gasteiger partial charge in [-0.05, 0) is 59.4 Å². The van der Waals surface area contributed by atoms with E-state index in [1.54, 1.807) is 6.92 Å². The average molecular weight is 270 g/mol. The molecule has 0 aromatic heterocycles. The molecule has 1 rings (SSSR count). The van der Waals surface area contributed by atoms with Gasteiger partial charge in [-0.25, -0.2) is 0 Å². The van der Waals surface area contributed by atoms with Crippen LogP contribution < -0.4 is 5.73 Å². The summed E-state index contributed by atoms with van der Waals surface area (Å²) in [5.41, 5.74) is 5.12. The maximum Gasteiger partial charge on any atom is 0.325 e. The van der Waals surface area contributed by atoms with E-state index in [1.807, 2.05) is 0 Å². The molecule has 0 aromatic carbocycles. The lowest BCUT2D eigenvalue weighted by molar-refractivity contribution is -0.146. The molecular formula is C15H30N2O2. The van der Waals surface area contributed by atoms with Crippen molar-refractivity contribution in [1.82, 2.24) is 4.90 Å². The molecule has 0 spiro atoms. The molecule has 3 atom stereocenters. The standard InChI is InChI=1S/C15H30N2O2/c1-12-8-7-9-13(2)17(12)11-6-5-10-15(3,16)14(18)19-4/h12-13H,5-11,16H2,1-4H3. The fraction of sp³-hybridized carbons (Fsp3) is 0.933. The fourth-order valence-electron chi connectivity index (χ4n) is 3.04. The van der Waals surface area contributed by atoms with Crippen molar-refractivity contribution in [3.8, 4) is 0 Å². The monoisotopic (exact) mass is 270 g/mol. The first-order valence-electron chi connectivity index (χ1n) is 7.51. The molecule has 2 N–H and O–H groups in total. The van der Waals surface area contributed by atoms with Gasteiger partial charge in [-0.15, -0.1) is 0 Å². The van der Waals surface area contributed by atoms with E-state index < -0.39 is 5.54 Å². The second kappa shape index (κ2) is 7.25. The Balaban J connectivity index is 2.28. The summed E-state index contributed by atoms with van der Waals surface area (Å²) in [4.78, 5) is 14.1. The zero-order valence-electron chi connectivity index (χ0n) is 12.9. The fourth-order valence-corrected chi connectivity index (χ4v) is 3.04. The number of ether oxygens (including phenoxy) is 1. The van der Waals surface area contributed by atoms with Crippen LogP contribution in [0.15, 0.2) is 0 Å². The van der Waals surface area contributed by atoms with Crippen LogP contribution in [0.3, 0.4) is 0 Å². The Labute approximate surface area is 117 Å². The second-order valence-corrected chi connectivity index (χ2v) is 6.23. The lowest BCUT2D eigenvalue weighted by Crippen LogP contribution is -2.46. The smallest absolute Gasteiger partial charge is 0.325 e. The first kappa shape index (κ1) is 16.4. The molecule has 1 saturated heterocycles. The van der Waals surface area contributed by atoms with Crippen molar-refractivity contribution in [1.29, 1.82) is 0 Å². The molecule has 0 amide bonds. The molecule has 1 aliphatic heterocycles. The van der Waals surface area contributed by atoms with Gasteiger partial charge in [-0.1, -0.05) is 6.42 Å². The Bertz CT molecular complexity index is 282. The van der Waals surface area contributed by atoms with Crippen LogP contribution in [0.5, 0.6) is 0 Å². The summed E-state index contributed by atoms with van der Waals surface area (Å²) in [5, 5.41) is 0. The van der Waals surface area contributed by atoms with Crippen LogP contribution in [-0.2, 0) is 9.53 Å². The van der Waals surface area contributed by atoms with Gasteiger partial charge < -0.3 is 10.5 Å². The summed E-state index contributed by atoms with van der Waals surface area (Å²) >= 11 is 0. The average Bonchev–Trinajstić information content (AvgIpc) is 2.36. The largest absolute Gasteiger partial charge is 0.468 e. The molecule has 4 heteroatoms. The van der Waals surface area contributed by atoms with Crippen molar-refractivity contribution >= 4 is 5.97 Å². The number of likely N-dealkylation sites (tertiary alicyclic amines) is 1.